The lowest BCUT2D eigenvalue weighted by Gasteiger charge is -2.28. The topological polar surface area (TPSA) is 32.3 Å². The molecule has 0 aromatic heterocycles. The van der Waals surface area contributed by atoms with Gasteiger partial charge in [0.05, 0.1) is 6.04 Å². The van der Waals surface area contributed by atoms with Crippen LogP contribution in [0.25, 0.3) is 0 Å². The van der Waals surface area contributed by atoms with Gasteiger partial charge < -0.3 is 5.32 Å². The van der Waals surface area contributed by atoms with E-state index in [4.69, 9.17) is 0 Å². The monoisotopic (exact) mass is 242 g/mol. The van der Waals surface area contributed by atoms with Gasteiger partial charge in [-0.2, -0.15) is 0 Å². The van der Waals surface area contributed by atoms with E-state index in [2.05, 4.69) is 33.0 Å². The molecule has 0 rings (SSSR count). The first-order valence-electron chi connectivity index (χ1n) is 6.86. The minimum atomic E-state index is -0.0244. The van der Waals surface area contributed by atoms with E-state index in [0.29, 0.717) is 5.92 Å². The molecule has 0 aliphatic carbocycles. The van der Waals surface area contributed by atoms with Crippen LogP contribution in [0, 0.1) is 5.92 Å². The summed E-state index contributed by atoms with van der Waals surface area (Å²) in [6, 6.07) is 0.263. The number of unbranched alkanes of at least 4 members (excludes halogenated alkanes) is 2. The maximum absolute atomic E-state index is 12.1. The number of carbonyl (C=O) groups excluding carboxylic acids is 1. The van der Waals surface area contributed by atoms with Gasteiger partial charge in [0, 0.05) is 6.04 Å². The molecule has 0 aromatic rings. The van der Waals surface area contributed by atoms with Crippen LogP contribution in [-0.2, 0) is 4.79 Å². The van der Waals surface area contributed by atoms with Crippen LogP contribution in [0.3, 0.4) is 0 Å². The van der Waals surface area contributed by atoms with Crippen molar-refractivity contribution in [1.82, 2.24) is 10.2 Å². The first kappa shape index (κ1) is 16.4. The van der Waals surface area contributed by atoms with E-state index in [1.165, 1.54) is 19.3 Å². The Morgan fingerprint density at radius 3 is 2.18 bits per heavy atom. The molecule has 17 heavy (non-hydrogen) atoms. The second-order valence-corrected chi connectivity index (χ2v) is 5.56. The fourth-order valence-electron chi connectivity index (χ4n) is 2.23. The molecule has 3 heteroatoms. The smallest absolute Gasteiger partial charge is 0.237 e. The minimum absolute atomic E-state index is 0.0244. The third kappa shape index (κ3) is 6.67. The molecule has 3 nitrogen and oxygen atoms in total. The second-order valence-electron chi connectivity index (χ2n) is 5.56. The van der Waals surface area contributed by atoms with Crippen molar-refractivity contribution in [3.63, 3.8) is 0 Å². The number of hydrogen-bond donors (Lipinski definition) is 1. The van der Waals surface area contributed by atoms with Crippen LogP contribution in [-0.4, -0.2) is 37.0 Å². The maximum Gasteiger partial charge on any atom is 0.237 e. The number of likely N-dealkylation sites (N-methyl/N-ethyl adjacent to an activating group) is 1. The molecule has 0 aliphatic rings. The molecule has 1 N–H and O–H groups in total. The van der Waals surface area contributed by atoms with E-state index in [1.54, 1.807) is 0 Å². The van der Waals surface area contributed by atoms with Gasteiger partial charge in [-0.05, 0) is 33.4 Å². The number of hydrogen-bond acceptors (Lipinski definition) is 2. The first-order chi connectivity index (χ1) is 7.90. The third-order valence-corrected chi connectivity index (χ3v) is 3.09. The normalized spacial score (nSPS) is 15.1. The number of rotatable bonds is 8. The lowest BCUT2D eigenvalue weighted by molar-refractivity contribution is -0.127. The van der Waals surface area contributed by atoms with Crippen LogP contribution in [0.5, 0.6) is 0 Å². The molecular weight excluding hydrogens is 212 g/mol. The summed E-state index contributed by atoms with van der Waals surface area (Å²) >= 11 is 0. The number of carbonyl (C=O) groups is 1. The molecule has 2 unspecified atom stereocenters. The molecule has 0 radical (unpaired) electrons. The summed E-state index contributed by atoms with van der Waals surface area (Å²) in [5.74, 6) is 0.502. The molecule has 0 spiro atoms. The summed E-state index contributed by atoms with van der Waals surface area (Å²) in [6.07, 6.45) is 4.76. The van der Waals surface area contributed by atoms with E-state index in [1.807, 2.05) is 19.0 Å². The molecule has 0 bridgehead atoms. The van der Waals surface area contributed by atoms with Crippen molar-refractivity contribution in [3.05, 3.63) is 0 Å². The highest BCUT2D eigenvalue weighted by molar-refractivity contribution is 5.82. The summed E-state index contributed by atoms with van der Waals surface area (Å²) < 4.78 is 0. The van der Waals surface area contributed by atoms with Crippen LogP contribution < -0.4 is 5.32 Å². The Labute approximate surface area is 107 Å². The standard InChI is InChI=1S/C14H30N2O/c1-7-8-9-10-12(4)15-14(17)13(11(2)3)16(5)6/h11-13H,7-10H2,1-6H3,(H,15,17). The summed E-state index contributed by atoms with van der Waals surface area (Å²) in [4.78, 5) is 14.1. The lowest BCUT2D eigenvalue weighted by atomic mass is 10.0. The zero-order chi connectivity index (χ0) is 13.4. The van der Waals surface area contributed by atoms with Gasteiger partial charge in [0.15, 0.2) is 0 Å². The van der Waals surface area contributed by atoms with Gasteiger partial charge in [-0.1, -0.05) is 40.0 Å². The average Bonchev–Trinajstić information content (AvgIpc) is 2.16. The number of nitrogens with zero attached hydrogens (tertiary/aromatic N) is 1. The SMILES string of the molecule is CCCCCC(C)NC(=O)C(C(C)C)N(C)C. The van der Waals surface area contributed by atoms with Gasteiger partial charge in [0.1, 0.15) is 0 Å². The molecule has 0 heterocycles. The number of amides is 1. The maximum atomic E-state index is 12.1. The van der Waals surface area contributed by atoms with Crippen LogP contribution >= 0.6 is 0 Å². The molecule has 102 valence electrons. The third-order valence-electron chi connectivity index (χ3n) is 3.09. The van der Waals surface area contributed by atoms with Gasteiger partial charge in [-0.3, -0.25) is 9.69 Å². The Morgan fingerprint density at radius 2 is 1.76 bits per heavy atom. The Bertz CT molecular complexity index is 206. The van der Waals surface area contributed by atoms with Crippen molar-refractivity contribution >= 4 is 5.91 Å². The van der Waals surface area contributed by atoms with E-state index < -0.39 is 0 Å². The van der Waals surface area contributed by atoms with E-state index in [-0.39, 0.29) is 18.0 Å². The van der Waals surface area contributed by atoms with Crippen molar-refractivity contribution in [1.29, 1.82) is 0 Å². The summed E-state index contributed by atoms with van der Waals surface area (Å²) in [5.41, 5.74) is 0. The van der Waals surface area contributed by atoms with Crippen LogP contribution in [0.1, 0.15) is 53.4 Å². The van der Waals surface area contributed by atoms with Crippen molar-refractivity contribution in [2.75, 3.05) is 14.1 Å². The van der Waals surface area contributed by atoms with Gasteiger partial charge in [0.25, 0.3) is 0 Å². The quantitative estimate of drug-likeness (QED) is 0.664. The van der Waals surface area contributed by atoms with Crippen LogP contribution in [0.15, 0.2) is 0 Å². The zero-order valence-electron chi connectivity index (χ0n) is 12.4. The average molecular weight is 242 g/mol. The molecule has 2 atom stereocenters. The Kier molecular flexibility index (Phi) is 8.23. The summed E-state index contributed by atoms with van der Waals surface area (Å²) in [6.45, 7) is 8.47. The Morgan fingerprint density at radius 1 is 1.18 bits per heavy atom. The summed E-state index contributed by atoms with van der Waals surface area (Å²) in [5, 5.41) is 3.12. The largest absolute Gasteiger partial charge is 0.352 e. The highest BCUT2D eigenvalue weighted by atomic mass is 16.2. The fraction of sp³-hybridized carbons (Fsp3) is 0.929. The van der Waals surface area contributed by atoms with Crippen LogP contribution in [0.2, 0.25) is 0 Å². The second kappa shape index (κ2) is 8.51. The van der Waals surface area contributed by atoms with E-state index in [0.717, 1.165) is 6.42 Å². The van der Waals surface area contributed by atoms with Crippen molar-refractivity contribution in [2.45, 2.75) is 65.5 Å². The van der Waals surface area contributed by atoms with E-state index >= 15 is 0 Å². The number of nitrogens with one attached hydrogen (secondary N) is 1. The molecule has 0 aliphatic heterocycles. The molecular formula is C14H30N2O. The Balaban J connectivity index is 4.12. The van der Waals surface area contributed by atoms with Gasteiger partial charge in [-0.15, -0.1) is 0 Å². The molecule has 0 saturated carbocycles. The fourth-order valence-corrected chi connectivity index (χ4v) is 2.23. The minimum Gasteiger partial charge on any atom is -0.352 e. The van der Waals surface area contributed by atoms with Gasteiger partial charge >= 0.3 is 0 Å². The van der Waals surface area contributed by atoms with E-state index in [9.17, 15) is 4.79 Å². The molecule has 0 aromatic carbocycles. The van der Waals surface area contributed by atoms with Gasteiger partial charge in [-0.25, -0.2) is 0 Å². The van der Waals surface area contributed by atoms with Crippen molar-refractivity contribution < 1.29 is 4.79 Å². The lowest BCUT2D eigenvalue weighted by Crippen LogP contribution is -2.49. The summed E-state index contributed by atoms with van der Waals surface area (Å²) in [7, 11) is 3.93. The van der Waals surface area contributed by atoms with Crippen molar-refractivity contribution in [3.8, 4) is 0 Å². The van der Waals surface area contributed by atoms with Crippen molar-refractivity contribution in [2.24, 2.45) is 5.92 Å². The first-order valence-corrected chi connectivity index (χ1v) is 6.86. The molecule has 1 amide bonds. The Hall–Kier alpha value is -0.570. The predicted octanol–water partition coefficient (Wildman–Crippen LogP) is 2.66. The zero-order valence-corrected chi connectivity index (χ0v) is 12.4. The molecule has 0 fully saturated rings. The highest BCUT2D eigenvalue weighted by Gasteiger charge is 2.24. The molecule has 0 saturated heterocycles. The highest BCUT2D eigenvalue weighted by Crippen LogP contribution is 2.09. The van der Waals surface area contributed by atoms with Crippen LogP contribution in [0.4, 0.5) is 0 Å². The predicted molar refractivity (Wildman–Crippen MR) is 74.1 cm³/mol. The van der Waals surface area contributed by atoms with Gasteiger partial charge in [0.2, 0.25) is 5.91 Å².